The maximum absolute atomic E-state index is 13.0. The van der Waals surface area contributed by atoms with E-state index >= 15 is 0 Å². The van der Waals surface area contributed by atoms with Crippen LogP contribution in [0.2, 0.25) is 0 Å². The summed E-state index contributed by atoms with van der Waals surface area (Å²) in [4.78, 5) is 0. The summed E-state index contributed by atoms with van der Waals surface area (Å²) >= 11 is 16.6. The molecule has 0 fully saturated rings. The van der Waals surface area contributed by atoms with Crippen LogP contribution in [0.15, 0.2) is 12.1 Å². The summed E-state index contributed by atoms with van der Waals surface area (Å²) in [6.45, 7) is 0. The zero-order chi connectivity index (χ0) is 10.9. The summed E-state index contributed by atoms with van der Waals surface area (Å²) in [6.07, 6.45) is 0. The second kappa shape index (κ2) is 4.31. The minimum absolute atomic E-state index is 0.115. The van der Waals surface area contributed by atoms with Crippen molar-refractivity contribution in [2.75, 3.05) is 0 Å². The van der Waals surface area contributed by atoms with Crippen molar-refractivity contribution < 1.29 is 13.2 Å². The van der Waals surface area contributed by atoms with Gasteiger partial charge in [0.2, 0.25) is 0 Å². The predicted molar refractivity (Wildman–Crippen MR) is 53.3 cm³/mol. The van der Waals surface area contributed by atoms with Gasteiger partial charge in [-0.3, -0.25) is 0 Å². The van der Waals surface area contributed by atoms with Gasteiger partial charge in [0, 0.05) is 6.04 Å². The lowest BCUT2D eigenvalue weighted by Gasteiger charge is -2.08. The third-order valence-electron chi connectivity index (χ3n) is 1.51. The van der Waals surface area contributed by atoms with E-state index in [4.69, 9.17) is 33.2 Å². The van der Waals surface area contributed by atoms with Gasteiger partial charge in [0.15, 0.2) is 17.5 Å². The molecule has 0 spiro atoms. The molecule has 7 heteroatoms. The molecule has 0 nitrogen and oxygen atoms in total. The quantitative estimate of drug-likeness (QED) is 0.438. The maximum Gasteiger partial charge on any atom is 0.345 e. The first kappa shape index (κ1) is 12.2. The van der Waals surface area contributed by atoms with E-state index in [1.807, 2.05) is 0 Å². The fourth-order valence-corrected chi connectivity index (χ4v) is 2.92. The summed E-state index contributed by atoms with van der Waals surface area (Å²) < 4.78 is 38.2. The summed E-state index contributed by atoms with van der Waals surface area (Å²) in [7, 11) is 0. The molecule has 1 aromatic rings. The fourth-order valence-electron chi connectivity index (χ4n) is 0.918. The smallest absolute Gasteiger partial charge is 0.204 e. The summed E-state index contributed by atoms with van der Waals surface area (Å²) in [5.74, 6) is -4.08. The Kier molecular flexibility index (Phi) is 3.74. The van der Waals surface area contributed by atoms with E-state index in [0.717, 1.165) is 12.1 Å². The maximum atomic E-state index is 13.0. The first-order valence-corrected chi connectivity index (χ1v) is 8.74. The highest BCUT2D eigenvalue weighted by Crippen LogP contribution is 2.27. The van der Waals surface area contributed by atoms with Gasteiger partial charge in [-0.25, -0.2) is 13.2 Å². The molecule has 0 N–H and O–H groups in total. The Bertz CT molecular complexity index is 351. The third-order valence-corrected chi connectivity index (χ3v) is 3.49. The van der Waals surface area contributed by atoms with Crippen molar-refractivity contribution in [3.8, 4) is 0 Å². The fraction of sp³-hybridized carbons (Fsp3) is 0.143. The van der Waals surface area contributed by atoms with Gasteiger partial charge in [0.25, 0.3) is 0 Å². The Labute approximate surface area is 93.7 Å². The number of benzene rings is 1. The van der Waals surface area contributed by atoms with Gasteiger partial charge < -0.3 is 0 Å². The van der Waals surface area contributed by atoms with Crippen LogP contribution < -0.4 is 0 Å². The average Bonchev–Trinajstić information content (AvgIpc) is 2.04. The molecule has 0 saturated carbocycles. The molecule has 14 heavy (non-hydrogen) atoms. The second-order valence-corrected chi connectivity index (χ2v) is 11.8. The number of rotatable bonds is 2. The first-order valence-electron chi connectivity index (χ1n) is 3.50. The lowest BCUT2D eigenvalue weighted by atomic mass is 10.2. The van der Waals surface area contributed by atoms with E-state index in [1.165, 1.54) is 0 Å². The lowest BCUT2D eigenvalue weighted by Crippen LogP contribution is -2.16. The molecule has 0 aliphatic heterocycles. The van der Waals surface area contributed by atoms with Crippen LogP contribution >= 0.6 is 33.2 Å². The number of halogens is 6. The van der Waals surface area contributed by atoms with Crippen molar-refractivity contribution in [3.63, 3.8) is 0 Å². The van der Waals surface area contributed by atoms with Crippen LogP contribution in [0.1, 0.15) is 5.56 Å². The Morgan fingerprint density at radius 3 is 2.07 bits per heavy atom. The molecule has 0 aliphatic rings. The Hall–Kier alpha value is 0.0969. The molecule has 0 unspecified atom stereocenters. The highest BCUT2D eigenvalue weighted by Gasteiger charge is 2.28. The number of hydrogen-bond acceptors (Lipinski definition) is 0. The van der Waals surface area contributed by atoms with Crippen molar-refractivity contribution in [1.29, 1.82) is 0 Å². The van der Waals surface area contributed by atoms with Crippen LogP contribution in [0.4, 0.5) is 13.2 Å². The summed E-state index contributed by atoms with van der Waals surface area (Å²) in [5, 5.41) is 0. The molecule has 78 valence electrons. The molecule has 0 amide bonds. The molecule has 0 radical (unpaired) electrons. The molecular formula is C7H4Cl3F3Si. The predicted octanol–water partition coefficient (Wildman–Crippen LogP) is 3.84. The van der Waals surface area contributed by atoms with Crippen molar-refractivity contribution in [3.05, 3.63) is 35.1 Å². The molecular weight excluding hydrogens is 276 g/mol. The van der Waals surface area contributed by atoms with Gasteiger partial charge in [-0.2, -0.15) is 0 Å². The van der Waals surface area contributed by atoms with Crippen molar-refractivity contribution in [2.24, 2.45) is 0 Å². The normalized spacial score (nSPS) is 11.9. The van der Waals surface area contributed by atoms with Gasteiger partial charge >= 0.3 is 6.00 Å². The largest absolute Gasteiger partial charge is 0.345 e. The molecule has 0 bridgehead atoms. The minimum atomic E-state index is -3.08. The van der Waals surface area contributed by atoms with Gasteiger partial charge in [-0.1, -0.05) is 6.07 Å². The first-order chi connectivity index (χ1) is 6.31. The van der Waals surface area contributed by atoms with Gasteiger partial charge in [-0.05, 0) is 11.6 Å². The molecule has 1 rings (SSSR count). The van der Waals surface area contributed by atoms with E-state index in [0.29, 0.717) is 0 Å². The summed E-state index contributed by atoms with van der Waals surface area (Å²) in [6, 6.07) is -1.39. The Morgan fingerprint density at radius 1 is 1.00 bits per heavy atom. The van der Waals surface area contributed by atoms with Crippen molar-refractivity contribution in [1.82, 2.24) is 0 Å². The van der Waals surface area contributed by atoms with Gasteiger partial charge in [0.05, 0.1) is 0 Å². The molecule has 1 aromatic carbocycles. The van der Waals surface area contributed by atoms with E-state index in [1.54, 1.807) is 0 Å². The van der Waals surface area contributed by atoms with Crippen LogP contribution in [-0.4, -0.2) is 6.00 Å². The average molecular weight is 280 g/mol. The third kappa shape index (κ3) is 3.05. The molecule has 0 aromatic heterocycles. The van der Waals surface area contributed by atoms with E-state index in [-0.39, 0.29) is 11.6 Å². The Morgan fingerprint density at radius 2 is 1.57 bits per heavy atom. The van der Waals surface area contributed by atoms with Gasteiger partial charge in [0.1, 0.15) is 0 Å². The van der Waals surface area contributed by atoms with Crippen LogP contribution in [0, 0.1) is 17.5 Å². The van der Waals surface area contributed by atoms with Crippen LogP contribution in [0.5, 0.6) is 0 Å². The van der Waals surface area contributed by atoms with E-state index < -0.39 is 23.5 Å². The van der Waals surface area contributed by atoms with Crippen molar-refractivity contribution >= 4 is 39.2 Å². The van der Waals surface area contributed by atoms with Crippen LogP contribution in [0.25, 0.3) is 0 Å². The second-order valence-electron chi connectivity index (χ2n) is 2.63. The molecule has 0 aliphatic carbocycles. The SMILES string of the molecule is Fc1ccc(C[Si](Cl)(Cl)Cl)c(F)c1F. The summed E-state index contributed by atoms with van der Waals surface area (Å²) in [5.41, 5.74) is -0.115. The highest BCUT2D eigenvalue weighted by atomic mass is 35.8. The zero-order valence-electron chi connectivity index (χ0n) is 6.63. The molecule has 0 atom stereocenters. The number of hydrogen-bond donors (Lipinski definition) is 0. The highest BCUT2D eigenvalue weighted by molar-refractivity contribution is 7.64. The van der Waals surface area contributed by atoms with E-state index in [2.05, 4.69) is 0 Å². The standard InChI is InChI=1S/C7H4Cl3F3Si/c8-14(9,10)3-4-1-2-5(11)7(13)6(4)12/h1-2H,3H2. The molecule has 0 heterocycles. The topological polar surface area (TPSA) is 0 Å². The monoisotopic (exact) mass is 278 g/mol. The minimum Gasteiger partial charge on any atom is -0.204 e. The lowest BCUT2D eigenvalue weighted by molar-refractivity contribution is 0.443. The van der Waals surface area contributed by atoms with Gasteiger partial charge in [-0.15, -0.1) is 33.2 Å². The Balaban J connectivity index is 3.06. The van der Waals surface area contributed by atoms with Crippen LogP contribution in [-0.2, 0) is 6.04 Å². The zero-order valence-corrected chi connectivity index (χ0v) is 9.90. The molecule has 0 saturated heterocycles. The van der Waals surface area contributed by atoms with Crippen molar-refractivity contribution in [2.45, 2.75) is 6.04 Å². The van der Waals surface area contributed by atoms with E-state index in [9.17, 15) is 13.2 Å². The van der Waals surface area contributed by atoms with Crippen LogP contribution in [0.3, 0.4) is 0 Å².